The highest BCUT2D eigenvalue weighted by Gasteiger charge is 2.26. The first-order chi connectivity index (χ1) is 7.72. The molecule has 2 rings (SSSR count). The van der Waals surface area contributed by atoms with Gasteiger partial charge in [-0.05, 0) is 25.7 Å². The monoisotopic (exact) mass is 221 g/mol. The zero-order chi connectivity index (χ0) is 11.5. The number of aliphatic hydroxyl groups is 1. The molecule has 1 aromatic heterocycles. The molecule has 4 heteroatoms. The fraction of sp³-hybridized carbons (Fsp3) is 0.667. The summed E-state index contributed by atoms with van der Waals surface area (Å²) in [5, 5.41) is 8.94. The van der Waals surface area contributed by atoms with Crippen LogP contribution in [0.3, 0.4) is 0 Å². The molecule has 1 saturated heterocycles. The van der Waals surface area contributed by atoms with E-state index in [1.165, 1.54) is 12.8 Å². The summed E-state index contributed by atoms with van der Waals surface area (Å²) in [6, 6.07) is 0.494. The van der Waals surface area contributed by atoms with Gasteiger partial charge in [0.1, 0.15) is 0 Å². The summed E-state index contributed by atoms with van der Waals surface area (Å²) >= 11 is 0. The zero-order valence-electron chi connectivity index (χ0n) is 9.93. The van der Waals surface area contributed by atoms with Crippen LogP contribution in [0.4, 0.5) is 5.95 Å². The van der Waals surface area contributed by atoms with E-state index < -0.39 is 0 Å². The lowest BCUT2D eigenvalue weighted by Crippen LogP contribution is -2.43. The van der Waals surface area contributed by atoms with Gasteiger partial charge in [-0.15, -0.1) is 0 Å². The molecule has 2 atom stereocenters. The van der Waals surface area contributed by atoms with Crippen molar-refractivity contribution in [3.8, 4) is 0 Å². The second-order valence-corrected chi connectivity index (χ2v) is 4.60. The average Bonchev–Trinajstić information content (AvgIpc) is 2.33. The zero-order valence-corrected chi connectivity index (χ0v) is 9.93. The summed E-state index contributed by atoms with van der Waals surface area (Å²) < 4.78 is 0. The molecule has 1 fully saturated rings. The number of piperidine rings is 1. The first kappa shape index (κ1) is 11.3. The van der Waals surface area contributed by atoms with E-state index in [4.69, 9.17) is 5.11 Å². The Morgan fingerprint density at radius 1 is 1.38 bits per heavy atom. The van der Waals surface area contributed by atoms with Crippen molar-refractivity contribution in [1.29, 1.82) is 0 Å². The molecule has 0 saturated carbocycles. The summed E-state index contributed by atoms with van der Waals surface area (Å²) in [7, 11) is 0. The second-order valence-electron chi connectivity index (χ2n) is 4.60. The molecule has 1 N–H and O–H groups in total. The van der Waals surface area contributed by atoms with Crippen molar-refractivity contribution in [3.05, 3.63) is 18.0 Å². The summed E-state index contributed by atoms with van der Waals surface area (Å²) in [6.07, 6.45) is 5.89. The summed E-state index contributed by atoms with van der Waals surface area (Å²) in [5.74, 6) is 1.48. The van der Waals surface area contributed by atoms with Gasteiger partial charge in [-0.25, -0.2) is 9.97 Å². The van der Waals surface area contributed by atoms with Crippen LogP contribution in [0.25, 0.3) is 0 Å². The molecular weight excluding hydrogens is 202 g/mol. The van der Waals surface area contributed by atoms with E-state index in [9.17, 15) is 0 Å². The molecule has 1 aromatic rings. The van der Waals surface area contributed by atoms with E-state index in [2.05, 4.69) is 28.7 Å². The Labute approximate surface area is 96.3 Å². The van der Waals surface area contributed by atoms with Gasteiger partial charge >= 0.3 is 0 Å². The molecule has 0 aromatic carbocycles. The van der Waals surface area contributed by atoms with Crippen LogP contribution in [0, 0.1) is 5.92 Å². The number of hydrogen-bond acceptors (Lipinski definition) is 4. The normalized spacial score (nSPS) is 25.8. The van der Waals surface area contributed by atoms with E-state index in [-0.39, 0.29) is 6.61 Å². The van der Waals surface area contributed by atoms with Crippen molar-refractivity contribution in [1.82, 2.24) is 9.97 Å². The Morgan fingerprint density at radius 3 is 2.69 bits per heavy atom. The van der Waals surface area contributed by atoms with Gasteiger partial charge in [-0.1, -0.05) is 6.92 Å². The summed E-state index contributed by atoms with van der Waals surface area (Å²) in [4.78, 5) is 10.9. The molecule has 0 bridgehead atoms. The molecule has 16 heavy (non-hydrogen) atoms. The van der Waals surface area contributed by atoms with Gasteiger partial charge in [0.2, 0.25) is 5.95 Å². The van der Waals surface area contributed by atoms with E-state index in [1.54, 1.807) is 12.4 Å². The molecule has 1 aliphatic heterocycles. The standard InChI is InChI=1S/C12H19N3O/c1-9-4-3-5-15(10(9)2)12-13-6-11(8-16)7-14-12/h6-7,9-10,16H,3-5,8H2,1-2H3. The van der Waals surface area contributed by atoms with Crippen LogP contribution < -0.4 is 4.90 Å². The third-order valence-corrected chi connectivity index (χ3v) is 3.50. The number of nitrogens with zero attached hydrogens (tertiary/aromatic N) is 3. The van der Waals surface area contributed by atoms with Crippen molar-refractivity contribution in [2.24, 2.45) is 5.92 Å². The third kappa shape index (κ3) is 2.16. The topological polar surface area (TPSA) is 49.2 Å². The van der Waals surface area contributed by atoms with Gasteiger partial charge in [0.25, 0.3) is 0 Å². The van der Waals surface area contributed by atoms with E-state index >= 15 is 0 Å². The summed E-state index contributed by atoms with van der Waals surface area (Å²) in [5.41, 5.74) is 0.765. The quantitative estimate of drug-likeness (QED) is 0.824. The van der Waals surface area contributed by atoms with Gasteiger partial charge in [0.15, 0.2) is 0 Å². The number of aromatic nitrogens is 2. The highest BCUT2D eigenvalue weighted by molar-refractivity contribution is 5.32. The smallest absolute Gasteiger partial charge is 0.225 e. The number of hydrogen-bond donors (Lipinski definition) is 1. The molecule has 0 spiro atoms. The Balaban J connectivity index is 2.15. The SMILES string of the molecule is CC1CCCN(c2ncc(CO)cn2)C1C. The lowest BCUT2D eigenvalue weighted by molar-refractivity contribution is 0.280. The van der Waals surface area contributed by atoms with Gasteiger partial charge in [0, 0.05) is 30.5 Å². The first-order valence-electron chi connectivity index (χ1n) is 5.91. The van der Waals surface area contributed by atoms with E-state index in [0.717, 1.165) is 18.1 Å². The van der Waals surface area contributed by atoms with Crippen LogP contribution >= 0.6 is 0 Å². The van der Waals surface area contributed by atoms with Crippen molar-refractivity contribution in [2.45, 2.75) is 39.3 Å². The largest absolute Gasteiger partial charge is 0.392 e. The minimum Gasteiger partial charge on any atom is -0.392 e. The molecule has 0 amide bonds. The fourth-order valence-corrected chi connectivity index (χ4v) is 2.20. The molecule has 1 aliphatic rings. The highest BCUT2D eigenvalue weighted by atomic mass is 16.3. The van der Waals surface area contributed by atoms with Crippen molar-refractivity contribution < 1.29 is 5.11 Å². The Kier molecular flexibility index (Phi) is 3.39. The van der Waals surface area contributed by atoms with Gasteiger partial charge in [-0.3, -0.25) is 0 Å². The van der Waals surface area contributed by atoms with Gasteiger partial charge in [-0.2, -0.15) is 0 Å². The van der Waals surface area contributed by atoms with E-state index in [0.29, 0.717) is 12.0 Å². The van der Waals surface area contributed by atoms with Crippen LogP contribution in [0.2, 0.25) is 0 Å². The van der Waals surface area contributed by atoms with Crippen LogP contribution in [-0.4, -0.2) is 27.7 Å². The number of anilines is 1. The number of rotatable bonds is 2. The Morgan fingerprint density at radius 2 is 2.06 bits per heavy atom. The Hall–Kier alpha value is -1.16. The highest BCUT2D eigenvalue weighted by Crippen LogP contribution is 2.25. The van der Waals surface area contributed by atoms with Crippen LogP contribution in [0.15, 0.2) is 12.4 Å². The van der Waals surface area contributed by atoms with Crippen molar-refractivity contribution in [3.63, 3.8) is 0 Å². The molecule has 0 aliphatic carbocycles. The molecule has 0 radical (unpaired) electrons. The van der Waals surface area contributed by atoms with Crippen LogP contribution in [0.1, 0.15) is 32.3 Å². The predicted octanol–water partition coefficient (Wildman–Crippen LogP) is 1.59. The van der Waals surface area contributed by atoms with Crippen LogP contribution in [0.5, 0.6) is 0 Å². The second kappa shape index (κ2) is 4.78. The average molecular weight is 221 g/mol. The lowest BCUT2D eigenvalue weighted by Gasteiger charge is -2.37. The molecule has 2 heterocycles. The minimum absolute atomic E-state index is 0.00619. The lowest BCUT2D eigenvalue weighted by atomic mass is 9.92. The molecular formula is C12H19N3O. The maximum atomic E-state index is 8.94. The van der Waals surface area contributed by atoms with Crippen molar-refractivity contribution in [2.75, 3.05) is 11.4 Å². The predicted molar refractivity (Wildman–Crippen MR) is 63.2 cm³/mol. The first-order valence-corrected chi connectivity index (χ1v) is 5.91. The van der Waals surface area contributed by atoms with Gasteiger partial charge in [0.05, 0.1) is 6.61 Å². The van der Waals surface area contributed by atoms with Crippen LogP contribution in [-0.2, 0) is 6.61 Å². The Bertz CT molecular complexity index is 339. The summed E-state index contributed by atoms with van der Waals surface area (Å²) in [6.45, 7) is 5.54. The molecule has 4 nitrogen and oxygen atoms in total. The maximum Gasteiger partial charge on any atom is 0.225 e. The number of aliphatic hydroxyl groups excluding tert-OH is 1. The third-order valence-electron chi connectivity index (χ3n) is 3.50. The van der Waals surface area contributed by atoms with E-state index in [1.807, 2.05) is 0 Å². The molecule has 88 valence electrons. The minimum atomic E-state index is 0.00619. The maximum absolute atomic E-state index is 8.94. The molecule has 2 unspecified atom stereocenters. The van der Waals surface area contributed by atoms with Crippen molar-refractivity contribution >= 4 is 5.95 Å². The fourth-order valence-electron chi connectivity index (χ4n) is 2.20. The van der Waals surface area contributed by atoms with Gasteiger partial charge < -0.3 is 10.0 Å².